The molecule has 0 atom stereocenters. The summed E-state index contributed by atoms with van der Waals surface area (Å²) in [5, 5.41) is -0.237. The van der Waals surface area contributed by atoms with Crippen LogP contribution in [-0.4, -0.2) is 18.3 Å². The highest BCUT2D eigenvalue weighted by Crippen LogP contribution is 2.37. The molecule has 2 rings (SSSR count). The molecule has 0 radical (unpaired) electrons. The normalized spacial score (nSPS) is 20.8. The maximum Gasteiger partial charge on any atom is 0.498 e. The molecule has 0 bridgehead atoms. The van der Waals surface area contributed by atoms with Crippen LogP contribution in [0, 0.1) is 5.82 Å². The second-order valence-corrected chi connectivity index (χ2v) is 6.16. The summed E-state index contributed by atoms with van der Waals surface area (Å²) in [5.74, 6) is -0.928. The third kappa shape index (κ3) is 2.45. The van der Waals surface area contributed by atoms with Crippen LogP contribution in [0.5, 0.6) is 0 Å². The Hall–Kier alpha value is -0.715. The molecule has 110 valence electrons. The fourth-order valence-corrected chi connectivity index (χ4v) is 2.14. The predicted octanol–water partition coefficient (Wildman–Crippen LogP) is 3.72. The molecule has 1 aliphatic heterocycles. The molecule has 0 aromatic heterocycles. The number of rotatable bonds is 2. The van der Waals surface area contributed by atoms with Gasteiger partial charge in [-0.25, -0.2) is 13.2 Å². The molecule has 2 nitrogen and oxygen atoms in total. The molecule has 1 fully saturated rings. The SMILES string of the molecule is CC1(C)OB(c2c(C(F)F)ccc(Cl)c2F)OC1(C)C. The van der Waals surface area contributed by atoms with E-state index in [0.717, 1.165) is 12.1 Å². The van der Waals surface area contributed by atoms with Crippen LogP contribution in [0.1, 0.15) is 39.7 Å². The van der Waals surface area contributed by atoms with Crippen molar-refractivity contribution in [3.8, 4) is 0 Å². The van der Waals surface area contributed by atoms with Crippen LogP contribution in [0.15, 0.2) is 12.1 Å². The van der Waals surface area contributed by atoms with Gasteiger partial charge in [-0.15, -0.1) is 0 Å². The summed E-state index contributed by atoms with van der Waals surface area (Å²) < 4.78 is 51.5. The number of halogens is 4. The van der Waals surface area contributed by atoms with Crippen LogP contribution in [0.2, 0.25) is 5.02 Å². The molecule has 0 unspecified atom stereocenters. The van der Waals surface area contributed by atoms with Gasteiger partial charge >= 0.3 is 7.12 Å². The molecule has 7 heteroatoms. The van der Waals surface area contributed by atoms with Crippen molar-refractivity contribution >= 4 is 24.2 Å². The molecule has 1 saturated heterocycles. The minimum atomic E-state index is -2.84. The zero-order valence-electron chi connectivity index (χ0n) is 11.6. The highest BCUT2D eigenvalue weighted by Gasteiger charge is 2.53. The highest BCUT2D eigenvalue weighted by atomic mass is 35.5. The van der Waals surface area contributed by atoms with Gasteiger partial charge in [0, 0.05) is 11.0 Å². The third-order valence-corrected chi connectivity index (χ3v) is 4.18. The van der Waals surface area contributed by atoms with Crippen LogP contribution in [0.4, 0.5) is 13.2 Å². The number of alkyl halides is 2. The van der Waals surface area contributed by atoms with Crippen LogP contribution in [-0.2, 0) is 9.31 Å². The lowest BCUT2D eigenvalue weighted by atomic mass is 9.75. The zero-order valence-corrected chi connectivity index (χ0v) is 12.4. The van der Waals surface area contributed by atoms with Crippen LogP contribution >= 0.6 is 11.6 Å². The Balaban J connectivity index is 2.52. The molecule has 0 spiro atoms. The van der Waals surface area contributed by atoms with Gasteiger partial charge in [0.05, 0.1) is 16.2 Å². The second-order valence-electron chi connectivity index (χ2n) is 5.75. The van der Waals surface area contributed by atoms with E-state index in [1.54, 1.807) is 27.7 Å². The van der Waals surface area contributed by atoms with Gasteiger partial charge in [0.1, 0.15) is 5.82 Å². The second kappa shape index (κ2) is 4.93. The van der Waals surface area contributed by atoms with E-state index in [1.165, 1.54) is 0 Å². The van der Waals surface area contributed by atoms with Crippen molar-refractivity contribution in [3.63, 3.8) is 0 Å². The van der Waals surface area contributed by atoms with Gasteiger partial charge in [0.2, 0.25) is 0 Å². The van der Waals surface area contributed by atoms with E-state index in [0.29, 0.717) is 0 Å². The standard InChI is InChI=1S/C13H15BClF3O2/c1-12(2)13(3,4)20-14(19-12)9-7(11(17)18)5-6-8(15)10(9)16/h5-6,11H,1-4H3. The van der Waals surface area contributed by atoms with Gasteiger partial charge in [-0.05, 0) is 33.8 Å². The van der Waals surface area contributed by atoms with Crippen molar-refractivity contribution in [2.75, 3.05) is 0 Å². The number of hydrogen-bond acceptors (Lipinski definition) is 2. The van der Waals surface area contributed by atoms with Crippen molar-refractivity contribution < 1.29 is 22.5 Å². The van der Waals surface area contributed by atoms with Crippen molar-refractivity contribution in [3.05, 3.63) is 28.5 Å². The Kier molecular flexibility index (Phi) is 3.86. The maximum atomic E-state index is 14.2. The largest absolute Gasteiger partial charge is 0.498 e. The van der Waals surface area contributed by atoms with Gasteiger partial charge in [0.15, 0.2) is 0 Å². The first-order valence-electron chi connectivity index (χ1n) is 6.18. The number of hydrogen-bond donors (Lipinski definition) is 0. The molecule has 1 heterocycles. The monoisotopic (exact) mass is 306 g/mol. The fourth-order valence-electron chi connectivity index (χ4n) is 1.97. The van der Waals surface area contributed by atoms with Crippen molar-refractivity contribution in [2.45, 2.75) is 45.3 Å². The molecule has 1 aliphatic rings. The Bertz CT molecular complexity index is 519. The maximum absolute atomic E-state index is 14.2. The predicted molar refractivity (Wildman–Crippen MR) is 72.1 cm³/mol. The summed E-state index contributed by atoms with van der Waals surface area (Å²) >= 11 is 5.68. The third-order valence-electron chi connectivity index (χ3n) is 3.89. The Morgan fingerprint density at radius 1 is 1.10 bits per heavy atom. The van der Waals surface area contributed by atoms with E-state index in [4.69, 9.17) is 20.9 Å². The Morgan fingerprint density at radius 2 is 1.60 bits per heavy atom. The van der Waals surface area contributed by atoms with Crippen LogP contribution in [0.3, 0.4) is 0 Å². The summed E-state index contributed by atoms with van der Waals surface area (Å²) in [6.07, 6.45) is -2.84. The smallest absolute Gasteiger partial charge is 0.399 e. The molecule has 0 aliphatic carbocycles. The molecule has 0 N–H and O–H groups in total. The van der Waals surface area contributed by atoms with Crippen molar-refractivity contribution in [2.24, 2.45) is 0 Å². The van der Waals surface area contributed by atoms with Gasteiger partial charge in [-0.3, -0.25) is 0 Å². The summed E-state index contributed by atoms with van der Waals surface area (Å²) in [5.41, 5.74) is -2.28. The fraction of sp³-hybridized carbons (Fsp3) is 0.538. The van der Waals surface area contributed by atoms with E-state index in [1.807, 2.05) is 0 Å². The van der Waals surface area contributed by atoms with Crippen molar-refractivity contribution in [1.29, 1.82) is 0 Å². The minimum absolute atomic E-state index is 0.237. The molecule has 0 amide bonds. The van der Waals surface area contributed by atoms with Gasteiger partial charge < -0.3 is 9.31 Å². The molecule has 1 aromatic rings. The summed E-state index contributed by atoms with van der Waals surface area (Å²) in [7, 11) is -1.21. The summed E-state index contributed by atoms with van der Waals surface area (Å²) in [6.45, 7) is 7.05. The highest BCUT2D eigenvalue weighted by molar-refractivity contribution is 6.63. The van der Waals surface area contributed by atoms with E-state index in [-0.39, 0.29) is 10.5 Å². The van der Waals surface area contributed by atoms with E-state index < -0.39 is 36.1 Å². The summed E-state index contributed by atoms with van der Waals surface area (Å²) in [4.78, 5) is 0. The van der Waals surface area contributed by atoms with Gasteiger partial charge in [-0.1, -0.05) is 17.7 Å². The Morgan fingerprint density at radius 3 is 2.05 bits per heavy atom. The molecular formula is C13H15BClF3O2. The van der Waals surface area contributed by atoms with E-state index in [2.05, 4.69) is 0 Å². The molecule has 0 saturated carbocycles. The van der Waals surface area contributed by atoms with Crippen LogP contribution < -0.4 is 5.46 Å². The van der Waals surface area contributed by atoms with E-state index >= 15 is 0 Å². The van der Waals surface area contributed by atoms with E-state index in [9.17, 15) is 13.2 Å². The summed E-state index contributed by atoms with van der Waals surface area (Å²) in [6, 6.07) is 2.20. The average molecular weight is 307 g/mol. The molecular weight excluding hydrogens is 291 g/mol. The Labute approximate surface area is 121 Å². The molecule has 20 heavy (non-hydrogen) atoms. The lowest BCUT2D eigenvalue weighted by Gasteiger charge is -2.32. The lowest BCUT2D eigenvalue weighted by Crippen LogP contribution is -2.41. The first kappa shape index (κ1) is 15.7. The number of benzene rings is 1. The van der Waals surface area contributed by atoms with Gasteiger partial charge in [-0.2, -0.15) is 0 Å². The van der Waals surface area contributed by atoms with Crippen molar-refractivity contribution in [1.82, 2.24) is 0 Å². The topological polar surface area (TPSA) is 18.5 Å². The van der Waals surface area contributed by atoms with Gasteiger partial charge in [0.25, 0.3) is 6.43 Å². The molecule has 1 aromatic carbocycles. The minimum Gasteiger partial charge on any atom is -0.399 e. The first-order valence-corrected chi connectivity index (χ1v) is 6.56. The lowest BCUT2D eigenvalue weighted by molar-refractivity contribution is 0.00578. The first-order chi connectivity index (χ1) is 9.07. The zero-order chi connectivity index (χ0) is 15.3. The average Bonchev–Trinajstić information content (AvgIpc) is 2.51. The van der Waals surface area contributed by atoms with Crippen LogP contribution in [0.25, 0.3) is 0 Å². The quantitative estimate of drug-likeness (QED) is 0.775.